The van der Waals surface area contributed by atoms with Gasteiger partial charge in [-0.25, -0.2) is 8.42 Å². The maximum atomic E-state index is 11.8. The minimum atomic E-state index is -3.41. The number of nitrogens with one attached hydrogen (secondary N) is 2. The highest BCUT2D eigenvalue weighted by Crippen LogP contribution is 2.44. The van der Waals surface area contributed by atoms with E-state index >= 15 is 0 Å². The first-order valence-electron chi connectivity index (χ1n) is 11.6. The SMILES string of the molecule is Cc1cc(N2C(=S)NC(c3ccccn3)C2c2ccc(-c3cccc(Cl)c3C)o2)ccc1NS(C)(=O)=O. The van der Waals surface area contributed by atoms with Crippen LogP contribution in [0.25, 0.3) is 11.3 Å². The van der Waals surface area contributed by atoms with Crippen molar-refractivity contribution < 1.29 is 12.8 Å². The van der Waals surface area contributed by atoms with Crippen LogP contribution in [0.5, 0.6) is 0 Å². The van der Waals surface area contributed by atoms with Gasteiger partial charge in [0.25, 0.3) is 0 Å². The monoisotopic (exact) mass is 552 g/mol. The summed E-state index contributed by atoms with van der Waals surface area (Å²) in [5.74, 6) is 1.41. The van der Waals surface area contributed by atoms with Gasteiger partial charge in [-0.3, -0.25) is 9.71 Å². The smallest absolute Gasteiger partial charge is 0.229 e. The van der Waals surface area contributed by atoms with Crippen molar-refractivity contribution in [2.75, 3.05) is 15.9 Å². The minimum Gasteiger partial charge on any atom is -0.459 e. The third-order valence-corrected chi connectivity index (χ3v) is 7.65. The van der Waals surface area contributed by atoms with E-state index in [2.05, 4.69) is 15.0 Å². The lowest BCUT2D eigenvalue weighted by molar-refractivity contribution is 0.439. The van der Waals surface area contributed by atoms with Gasteiger partial charge in [0.05, 0.1) is 23.7 Å². The molecule has 37 heavy (non-hydrogen) atoms. The van der Waals surface area contributed by atoms with Crippen molar-refractivity contribution in [1.29, 1.82) is 0 Å². The van der Waals surface area contributed by atoms with E-state index in [0.29, 0.717) is 27.3 Å². The Labute approximate surface area is 226 Å². The second kappa shape index (κ2) is 9.81. The van der Waals surface area contributed by atoms with Gasteiger partial charge < -0.3 is 14.6 Å². The van der Waals surface area contributed by atoms with E-state index in [-0.39, 0.29) is 12.1 Å². The number of aryl methyl sites for hydroxylation is 1. The van der Waals surface area contributed by atoms with Gasteiger partial charge in [0.2, 0.25) is 10.0 Å². The van der Waals surface area contributed by atoms with Gasteiger partial charge in [-0.05, 0) is 85.7 Å². The molecule has 10 heteroatoms. The maximum absolute atomic E-state index is 11.8. The quantitative estimate of drug-likeness (QED) is 0.277. The highest BCUT2D eigenvalue weighted by atomic mass is 35.5. The molecular formula is C27H25ClN4O3S2. The third kappa shape index (κ3) is 5.07. The van der Waals surface area contributed by atoms with Crippen LogP contribution < -0.4 is 14.9 Å². The molecule has 2 unspecified atom stereocenters. The molecule has 0 bridgehead atoms. The lowest BCUT2D eigenvalue weighted by atomic mass is 10.0. The van der Waals surface area contributed by atoms with E-state index < -0.39 is 10.0 Å². The number of halogens is 1. The second-order valence-corrected chi connectivity index (χ2v) is 11.5. The van der Waals surface area contributed by atoms with Crippen LogP contribution in [0.2, 0.25) is 5.02 Å². The molecule has 190 valence electrons. The van der Waals surface area contributed by atoms with Crippen molar-refractivity contribution in [2.24, 2.45) is 0 Å². The van der Waals surface area contributed by atoms with Crippen molar-refractivity contribution in [3.63, 3.8) is 0 Å². The molecular weight excluding hydrogens is 528 g/mol. The number of hydrogen-bond donors (Lipinski definition) is 2. The van der Waals surface area contributed by atoms with Crippen molar-refractivity contribution in [3.05, 3.63) is 101 Å². The van der Waals surface area contributed by atoms with Crippen LogP contribution in [-0.4, -0.2) is 24.8 Å². The molecule has 4 aromatic rings. The van der Waals surface area contributed by atoms with E-state index in [4.69, 9.17) is 28.2 Å². The Morgan fingerprint density at radius 3 is 2.59 bits per heavy atom. The van der Waals surface area contributed by atoms with E-state index in [1.54, 1.807) is 12.3 Å². The van der Waals surface area contributed by atoms with E-state index in [9.17, 15) is 8.42 Å². The van der Waals surface area contributed by atoms with Gasteiger partial charge in [0.1, 0.15) is 17.6 Å². The first kappa shape index (κ1) is 25.3. The zero-order valence-electron chi connectivity index (χ0n) is 20.4. The van der Waals surface area contributed by atoms with Gasteiger partial charge in [-0.1, -0.05) is 29.8 Å². The van der Waals surface area contributed by atoms with Gasteiger partial charge in [-0.2, -0.15) is 0 Å². The zero-order chi connectivity index (χ0) is 26.3. The van der Waals surface area contributed by atoms with Crippen LogP contribution >= 0.6 is 23.8 Å². The maximum Gasteiger partial charge on any atom is 0.229 e. The van der Waals surface area contributed by atoms with Gasteiger partial charge in [0, 0.05) is 22.5 Å². The number of aromatic nitrogens is 1. The molecule has 0 amide bonds. The first-order valence-corrected chi connectivity index (χ1v) is 14.2. The van der Waals surface area contributed by atoms with Gasteiger partial charge >= 0.3 is 0 Å². The Balaban J connectivity index is 1.59. The number of nitrogens with zero attached hydrogens (tertiary/aromatic N) is 2. The Kier molecular flexibility index (Phi) is 6.70. The predicted octanol–water partition coefficient (Wildman–Crippen LogP) is 6.16. The fraction of sp³-hybridized carbons (Fsp3) is 0.185. The van der Waals surface area contributed by atoms with Crippen LogP contribution in [-0.2, 0) is 10.0 Å². The second-order valence-electron chi connectivity index (χ2n) is 8.98. The molecule has 5 rings (SSSR count). The minimum absolute atomic E-state index is 0.276. The fourth-order valence-corrected chi connectivity index (χ4v) is 5.71. The molecule has 1 aliphatic heterocycles. The van der Waals surface area contributed by atoms with E-state index in [1.165, 1.54) is 0 Å². The molecule has 0 aliphatic carbocycles. The fourth-order valence-electron chi connectivity index (χ4n) is 4.56. The summed E-state index contributed by atoms with van der Waals surface area (Å²) in [5, 5.41) is 4.60. The number of benzene rings is 2. The Hall–Kier alpha value is -3.40. The summed E-state index contributed by atoms with van der Waals surface area (Å²) in [6.07, 6.45) is 2.88. The number of rotatable bonds is 6. The summed E-state index contributed by atoms with van der Waals surface area (Å²) in [6, 6.07) is 20.2. The van der Waals surface area contributed by atoms with Gasteiger partial charge in [-0.15, -0.1) is 0 Å². The molecule has 1 saturated heterocycles. The molecule has 0 radical (unpaired) electrons. The largest absolute Gasteiger partial charge is 0.459 e. The number of hydrogen-bond acceptors (Lipinski definition) is 5. The molecule has 1 fully saturated rings. The predicted molar refractivity (Wildman–Crippen MR) is 151 cm³/mol. The number of anilines is 2. The Morgan fingerprint density at radius 1 is 1.08 bits per heavy atom. The Bertz CT molecular complexity index is 1590. The average Bonchev–Trinajstić information content (AvgIpc) is 3.46. The summed E-state index contributed by atoms with van der Waals surface area (Å²) < 4.78 is 32.5. The zero-order valence-corrected chi connectivity index (χ0v) is 22.8. The molecule has 2 aromatic heterocycles. The van der Waals surface area contributed by atoms with Crippen molar-refractivity contribution in [2.45, 2.75) is 25.9 Å². The molecule has 3 heterocycles. The highest BCUT2D eigenvalue weighted by molar-refractivity contribution is 7.92. The molecule has 2 N–H and O–H groups in total. The highest BCUT2D eigenvalue weighted by Gasteiger charge is 2.42. The molecule has 1 aliphatic rings. The lowest BCUT2D eigenvalue weighted by Crippen LogP contribution is -2.29. The van der Waals surface area contributed by atoms with Crippen LogP contribution in [0.4, 0.5) is 11.4 Å². The number of sulfonamides is 1. The molecule has 2 atom stereocenters. The lowest BCUT2D eigenvalue weighted by Gasteiger charge is -2.27. The average molecular weight is 553 g/mol. The van der Waals surface area contributed by atoms with Gasteiger partial charge in [0.15, 0.2) is 5.11 Å². The number of thiocarbonyl (C=S) groups is 1. The van der Waals surface area contributed by atoms with Crippen molar-refractivity contribution >= 4 is 50.3 Å². The standard InChI is InChI=1S/C27H25ClN4O3S2/c1-16-15-18(10-11-21(16)31-37(3,33)34)32-26(25(30-27(32)36)22-9-4-5-14-29-22)24-13-12-23(35-24)19-7-6-8-20(28)17(19)2/h4-15,25-26,31H,1-3H3,(H,30,36). The summed E-state index contributed by atoms with van der Waals surface area (Å²) >= 11 is 12.2. The summed E-state index contributed by atoms with van der Waals surface area (Å²) in [4.78, 5) is 6.56. The summed E-state index contributed by atoms with van der Waals surface area (Å²) in [7, 11) is -3.41. The molecule has 2 aromatic carbocycles. The molecule has 0 saturated carbocycles. The Morgan fingerprint density at radius 2 is 1.89 bits per heavy atom. The van der Waals surface area contributed by atoms with Crippen molar-refractivity contribution in [3.8, 4) is 11.3 Å². The topological polar surface area (TPSA) is 87.5 Å². The summed E-state index contributed by atoms with van der Waals surface area (Å²) in [6.45, 7) is 3.81. The molecule has 0 spiro atoms. The number of pyridine rings is 1. The summed E-state index contributed by atoms with van der Waals surface area (Å²) in [5.41, 5.74) is 4.75. The van der Waals surface area contributed by atoms with E-state index in [0.717, 1.165) is 34.3 Å². The first-order chi connectivity index (χ1) is 17.6. The molecule has 7 nitrogen and oxygen atoms in total. The number of furan rings is 1. The van der Waals surface area contributed by atoms with E-state index in [1.807, 2.05) is 79.4 Å². The normalized spacial score (nSPS) is 17.6. The third-order valence-electron chi connectivity index (χ3n) is 6.33. The van der Waals surface area contributed by atoms with Crippen LogP contribution in [0.1, 0.15) is 34.7 Å². The van der Waals surface area contributed by atoms with Crippen LogP contribution in [0.3, 0.4) is 0 Å². The van der Waals surface area contributed by atoms with Crippen LogP contribution in [0.15, 0.2) is 77.3 Å². The van der Waals surface area contributed by atoms with Crippen molar-refractivity contribution in [1.82, 2.24) is 10.3 Å². The van der Waals surface area contributed by atoms with Crippen LogP contribution in [0, 0.1) is 13.8 Å².